The fraction of sp³-hybridized carbons (Fsp3) is 0.308. The summed E-state index contributed by atoms with van der Waals surface area (Å²) in [5.74, 6) is -0.638. The fourth-order valence-electron chi connectivity index (χ4n) is 1.70. The number of ether oxygens (including phenoxy) is 2. The molecule has 0 N–H and O–H groups in total. The maximum Gasteiger partial charge on any atom is 0.422 e. The molecule has 0 saturated carbocycles. The van der Waals surface area contributed by atoms with Gasteiger partial charge in [-0.25, -0.2) is 4.68 Å². The minimum absolute atomic E-state index is 0.0595. The summed E-state index contributed by atoms with van der Waals surface area (Å²) in [5.41, 5.74) is 0.753. The van der Waals surface area contributed by atoms with Gasteiger partial charge < -0.3 is 9.47 Å². The Balaban J connectivity index is 2.30. The minimum Gasteiger partial charge on any atom is -0.484 e. The zero-order chi connectivity index (χ0) is 16.2. The molecule has 9 heteroatoms. The van der Waals surface area contributed by atoms with Crippen molar-refractivity contribution >= 4 is 5.97 Å². The first-order valence-electron chi connectivity index (χ1n) is 6.15. The third-order valence-corrected chi connectivity index (χ3v) is 2.69. The Kier molecular flexibility index (Phi) is 4.64. The quantitative estimate of drug-likeness (QED) is 0.789. The summed E-state index contributed by atoms with van der Waals surface area (Å²) < 4.78 is 47.7. The Bertz CT molecular complexity index is 642. The van der Waals surface area contributed by atoms with Crippen LogP contribution in [-0.4, -0.2) is 40.9 Å². The van der Waals surface area contributed by atoms with Crippen molar-refractivity contribution in [3.8, 4) is 11.4 Å². The molecule has 1 aromatic heterocycles. The molecule has 1 aromatic carbocycles. The summed E-state index contributed by atoms with van der Waals surface area (Å²) in [7, 11) is 1.20. The van der Waals surface area contributed by atoms with E-state index in [1.807, 2.05) is 0 Å². The number of aromatic nitrogens is 3. The Morgan fingerprint density at radius 2 is 2.14 bits per heavy atom. The number of carbonyl (C=O) groups excluding carboxylic acids is 1. The molecule has 0 aliphatic rings. The molecule has 0 spiro atoms. The predicted molar refractivity (Wildman–Crippen MR) is 68.6 cm³/mol. The molecule has 1 heterocycles. The summed E-state index contributed by atoms with van der Waals surface area (Å²) >= 11 is 0. The van der Waals surface area contributed by atoms with Crippen LogP contribution in [0.3, 0.4) is 0 Å². The second-order valence-electron chi connectivity index (χ2n) is 4.30. The Labute approximate surface area is 123 Å². The van der Waals surface area contributed by atoms with Gasteiger partial charge in [0.15, 0.2) is 6.61 Å². The highest BCUT2D eigenvalue weighted by Crippen LogP contribution is 2.25. The lowest BCUT2D eigenvalue weighted by Gasteiger charge is -2.14. The molecule has 0 amide bonds. The third-order valence-electron chi connectivity index (χ3n) is 2.69. The average Bonchev–Trinajstić information content (AvgIpc) is 2.99. The average molecular weight is 315 g/mol. The lowest BCUT2D eigenvalue weighted by Crippen LogP contribution is -2.20. The normalized spacial score (nSPS) is 11.3. The maximum atomic E-state index is 12.3. The van der Waals surface area contributed by atoms with Crippen LogP contribution in [0.5, 0.6) is 5.75 Å². The molecule has 0 unspecified atom stereocenters. The van der Waals surface area contributed by atoms with Crippen LogP contribution in [0.15, 0.2) is 30.6 Å². The lowest BCUT2D eigenvalue weighted by atomic mass is 10.1. The Morgan fingerprint density at radius 3 is 2.73 bits per heavy atom. The number of hydrogen-bond acceptors (Lipinski definition) is 5. The summed E-state index contributed by atoms with van der Waals surface area (Å²) in [6.07, 6.45) is -1.71. The van der Waals surface area contributed by atoms with Gasteiger partial charge in [0.25, 0.3) is 0 Å². The van der Waals surface area contributed by atoms with Gasteiger partial charge >= 0.3 is 12.1 Å². The van der Waals surface area contributed by atoms with Gasteiger partial charge in [0.1, 0.15) is 5.75 Å². The topological polar surface area (TPSA) is 66.2 Å². The Morgan fingerprint density at radius 1 is 1.36 bits per heavy atom. The van der Waals surface area contributed by atoms with Crippen molar-refractivity contribution in [2.75, 3.05) is 13.7 Å². The number of rotatable bonds is 5. The Hall–Kier alpha value is -2.58. The van der Waals surface area contributed by atoms with Gasteiger partial charge in [-0.05, 0) is 6.07 Å². The van der Waals surface area contributed by atoms with Crippen molar-refractivity contribution < 1.29 is 27.4 Å². The second kappa shape index (κ2) is 6.46. The molecule has 0 aliphatic heterocycles. The molecule has 118 valence electrons. The molecule has 0 atom stereocenters. The van der Waals surface area contributed by atoms with Crippen LogP contribution in [0, 0.1) is 0 Å². The van der Waals surface area contributed by atoms with Gasteiger partial charge in [-0.3, -0.25) is 4.79 Å². The SMILES string of the molecule is COC(=O)Cc1ccc(-n2ccnn2)cc1OCC(F)(F)F. The summed E-state index contributed by atoms with van der Waals surface area (Å²) in [6, 6.07) is 4.44. The smallest absolute Gasteiger partial charge is 0.422 e. The highest BCUT2D eigenvalue weighted by Gasteiger charge is 2.29. The number of halogens is 3. The van der Waals surface area contributed by atoms with E-state index in [0.29, 0.717) is 11.3 Å². The van der Waals surface area contributed by atoms with Gasteiger partial charge in [0, 0.05) is 11.6 Å². The number of alkyl halides is 3. The maximum absolute atomic E-state index is 12.3. The van der Waals surface area contributed by atoms with E-state index in [2.05, 4.69) is 15.0 Å². The number of nitrogens with zero attached hydrogens (tertiary/aromatic N) is 3. The van der Waals surface area contributed by atoms with Crippen LogP contribution >= 0.6 is 0 Å². The van der Waals surface area contributed by atoms with Gasteiger partial charge in [0.05, 0.1) is 31.6 Å². The third kappa shape index (κ3) is 4.21. The van der Waals surface area contributed by atoms with Crippen LogP contribution in [-0.2, 0) is 16.0 Å². The zero-order valence-electron chi connectivity index (χ0n) is 11.5. The summed E-state index contributed by atoms with van der Waals surface area (Å²) in [4.78, 5) is 11.3. The number of esters is 1. The highest BCUT2D eigenvalue weighted by molar-refractivity contribution is 5.73. The molecule has 0 aliphatic carbocycles. The van der Waals surface area contributed by atoms with Crippen molar-refractivity contribution in [2.45, 2.75) is 12.6 Å². The number of benzene rings is 1. The second-order valence-corrected chi connectivity index (χ2v) is 4.30. The van der Waals surface area contributed by atoms with E-state index in [1.54, 1.807) is 6.07 Å². The highest BCUT2D eigenvalue weighted by atomic mass is 19.4. The first kappa shape index (κ1) is 15.8. The van der Waals surface area contributed by atoms with Crippen LogP contribution in [0.1, 0.15) is 5.56 Å². The van der Waals surface area contributed by atoms with E-state index in [4.69, 9.17) is 4.74 Å². The van der Waals surface area contributed by atoms with E-state index >= 15 is 0 Å². The zero-order valence-corrected chi connectivity index (χ0v) is 11.5. The van der Waals surface area contributed by atoms with Gasteiger partial charge in [0.2, 0.25) is 0 Å². The molecule has 0 saturated heterocycles. The first-order valence-corrected chi connectivity index (χ1v) is 6.15. The van der Waals surface area contributed by atoms with E-state index in [0.717, 1.165) is 0 Å². The van der Waals surface area contributed by atoms with E-state index in [-0.39, 0.29) is 12.2 Å². The van der Waals surface area contributed by atoms with Gasteiger partial charge in [-0.15, -0.1) is 5.10 Å². The van der Waals surface area contributed by atoms with Crippen molar-refractivity contribution in [1.82, 2.24) is 15.0 Å². The van der Waals surface area contributed by atoms with Crippen LogP contribution in [0.4, 0.5) is 13.2 Å². The molecule has 2 aromatic rings. The largest absolute Gasteiger partial charge is 0.484 e. The fourth-order valence-corrected chi connectivity index (χ4v) is 1.70. The lowest BCUT2D eigenvalue weighted by molar-refractivity contribution is -0.153. The monoisotopic (exact) mass is 315 g/mol. The molecule has 6 nitrogen and oxygen atoms in total. The summed E-state index contributed by atoms with van der Waals surface area (Å²) in [5, 5.41) is 7.36. The van der Waals surface area contributed by atoms with Crippen LogP contribution in [0.2, 0.25) is 0 Å². The van der Waals surface area contributed by atoms with Crippen molar-refractivity contribution in [3.05, 3.63) is 36.2 Å². The molecule has 0 radical (unpaired) electrons. The molecule has 22 heavy (non-hydrogen) atoms. The number of methoxy groups -OCH3 is 1. The summed E-state index contributed by atoms with van der Waals surface area (Å²) in [6.45, 7) is -1.46. The molecule has 0 bridgehead atoms. The molecular formula is C13H12F3N3O3. The van der Waals surface area contributed by atoms with E-state index < -0.39 is 18.8 Å². The molecule has 2 rings (SSSR count). The first-order chi connectivity index (χ1) is 10.4. The minimum atomic E-state index is -4.48. The number of carbonyl (C=O) groups is 1. The molecular weight excluding hydrogens is 303 g/mol. The standard InChI is InChI=1S/C13H12F3N3O3/c1-21-12(20)6-9-2-3-10(19-5-4-17-18-19)7-11(9)22-8-13(14,15)16/h2-5,7H,6,8H2,1H3. The number of hydrogen-bond donors (Lipinski definition) is 0. The van der Waals surface area contributed by atoms with E-state index in [1.165, 1.54) is 36.3 Å². The van der Waals surface area contributed by atoms with Gasteiger partial charge in [-0.1, -0.05) is 11.3 Å². The molecule has 0 fully saturated rings. The van der Waals surface area contributed by atoms with Gasteiger partial charge in [-0.2, -0.15) is 13.2 Å². The van der Waals surface area contributed by atoms with E-state index in [9.17, 15) is 18.0 Å². The van der Waals surface area contributed by atoms with Crippen molar-refractivity contribution in [1.29, 1.82) is 0 Å². The van der Waals surface area contributed by atoms with Crippen molar-refractivity contribution in [3.63, 3.8) is 0 Å². The van der Waals surface area contributed by atoms with Crippen molar-refractivity contribution in [2.24, 2.45) is 0 Å². The van der Waals surface area contributed by atoms with Crippen LogP contribution < -0.4 is 4.74 Å². The van der Waals surface area contributed by atoms with Crippen LogP contribution in [0.25, 0.3) is 5.69 Å². The predicted octanol–water partition coefficient (Wildman–Crippen LogP) is 1.92.